The van der Waals surface area contributed by atoms with Crippen LogP contribution >= 0.6 is 0 Å². The minimum atomic E-state index is -0.818. The third-order valence-corrected chi connectivity index (χ3v) is 7.64. The standard InChI is InChI=1S/C20H30O8Si2/c1-13(21)25-19(26-14(2)22)9-11-29-17-5-7-18(8-6-17)30-12-10-20(27-15(3)23)28-16(4)24/h5-8,19-20H,9-12,29-30H2,1-4H3. The molecule has 1 rings (SSSR count). The summed E-state index contributed by atoms with van der Waals surface area (Å²) in [5.74, 6) is -1.88. The Bertz CT molecular complexity index is 627. The van der Waals surface area contributed by atoms with Crippen molar-refractivity contribution in [2.24, 2.45) is 0 Å². The first kappa shape index (κ1) is 25.6. The lowest BCUT2D eigenvalue weighted by atomic mass is 10.4. The summed E-state index contributed by atoms with van der Waals surface area (Å²) in [7, 11) is -1.16. The zero-order chi connectivity index (χ0) is 22.5. The van der Waals surface area contributed by atoms with Gasteiger partial charge in [-0.1, -0.05) is 46.7 Å². The van der Waals surface area contributed by atoms with Crippen molar-refractivity contribution in [2.75, 3.05) is 0 Å². The van der Waals surface area contributed by atoms with E-state index in [4.69, 9.17) is 18.9 Å². The fourth-order valence-corrected chi connectivity index (χ4v) is 5.87. The molecule has 0 aliphatic heterocycles. The number of hydrogen-bond donors (Lipinski definition) is 0. The molecule has 0 aliphatic rings. The molecule has 1 aromatic rings. The molecule has 1 aromatic carbocycles. The van der Waals surface area contributed by atoms with Crippen LogP contribution in [-0.2, 0) is 38.1 Å². The van der Waals surface area contributed by atoms with E-state index in [9.17, 15) is 19.2 Å². The molecule has 0 aromatic heterocycles. The number of ether oxygens (including phenoxy) is 4. The van der Waals surface area contributed by atoms with Gasteiger partial charge in [0.2, 0.25) is 12.6 Å². The summed E-state index contributed by atoms with van der Waals surface area (Å²) < 4.78 is 20.1. The zero-order valence-electron chi connectivity index (χ0n) is 18.0. The Morgan fingerprint density at radius 2 is 0.900 bits per heavy atom. The van der Waals surface area contributed by atoms with Crippen molar-refractivity contribution in [1.82, 2.24) is 0 Å². The molecule has 0 radical (unpaired) electrons. The van der Waals surface area contributed by atoms with Crippen LogP contribution in [0.1, 0.15) is 40.5 Å². The molecule has 0 spiro atoms. The van der Waals surface area contributed by atoms with Crippen LogP contribution in [-0.4, -0.2) is 55.5 Å². The van der Waals surface area contributed by atoms with E-state index in [1.807, 2.05) is 0 Å². The summed E-state index contributed by atoms with van der Waals surface area (Å²) in [5.41, 5.74) is 0. The fourth-order valence-electron chi connectivity index (χ4n) is 2.84. The molecular formula is C20H30O8Si2. The SMILES string of the molecule is CC(=O)OC(CC[SiH2]c1ccc([SiH2]CCC(OC(C)=O)OC(C)=O)cc1)OC(C)=O. The van der Waals surface area contributed by atoms with Gasteiger partial charge < -0.3 is 18.9 Å². The van der Waals surface area contributed by atoms with E-state index in [-0.39, 0.29) is 0 Å². The van der Waals surface area contributed by atoms with E-state index in [0.717, 1.165) is 12.1 Å². The van der Waals surface area contributed by atoms with Gasteiger partial charge in [0.25, 0.3) is 0 Å². The highest BCUT2D eigenvalue weighted by molar-refractivity contribution is 6.55. The lowest BCUT2D eigenvalue weighted by Gasteiger charge is -2.16. The first-order valence-electron chi connectivity index (χ1n) is 9.92. The van der Waals surface area contributed by atoms with Crippen LogP contribution in [0.5, 0.6) is 0 Å². The number of rotatable bonds is 12. The second kappa shape index (κ2) is 13.7. The van der Waals surface area contributed by atoms with E-state index >= 15 is 0 Å². The zero-order valence-corrected chi connectivity index (χ0v) is 20.8. The third kappa shape index (κ3) is 12.2. The maximum Gasteiger partial charge on any atom is 0.305 e. The number of hydrogen-bond acceptors (Lipinski definition) is 8. The largest absolute Gasteiger partial charge is 0.425 e. The molecule has 0 heterocycles. The van der Waals surface area contributed by atoms with Crippen LogP contribution in [0.25, 0.3) is 0 Å². The average Bonchev–Trinajstić information content (AvgIpc) is 2.60. The van der Waals surface area contributed by atoms with Crippen LogP contribution in [0.3, 0.4) is 0 Å². The van der Waals surface area contributed by atoms with Gasteiger partial charge in [0.15, 0.2) is 0 Å². The Kier molecular flexibility index (Phi) is 11.7. The molecule has 0 saturated heterocycles. The molecule has 30 heavy (non-hydrogen) atoms. The number of benzene rings is 1. The van der Waals surface area contributed by atoms with Gasteiger partial charge in [0, 0.05) is 40.5 Å². The molecule has 0 amide bonds. The second-order valence-electron chi connectivity index (χ2n) is 6.90. The van der Waals surface area contributed by atoms with E-state index in [1.54, 1.807) is 0 Å². The highest BCUT2D eigenvalue weighted by Gasteiger charge is 2.16. The molecule has 166 valence electrons. The summed E-state index contributed by atoms with van der Waals surface area (Å²) in [6, 6.07) is 10.1. The monoisotopic (exact) mass is 454 g/mol. The molecular weight excluding hydrogens is 424 g/mol. The molecule has 0 atom stereocenters. The summed E-state index contributed by atoms with van der Waals surface area (Å²) >= 11 is 0. The summed E-state index contributed by atoms with van der Waals surface area (Å²) in [4.78, 5) is 44.4. The summed E-state index contributed by atoms with van der Waals surface area (Å²) in [6.07, 6.45) is -0.645. The molecule has 10 heteroatoms. The molecule has 8 nitrogen and oxygen atoms in total. The third-order valence-electron chi connectivity index (χ3n) is 4.02. The normalized spacial score (nSPS) is 11.4. The highest BCUT2D eigenvalue weighted by Crippen LogP contribution is 2.07. The Labute approximate surface area is 181 Å². The van der Waals surface area contributed by atoms with Gasteiger partial charge in [-0.25, -0.2) is 0 Å². The second-order valence-corrected chi connectivity index (χ2v) is 10.9. The van der Waals surface area contributed by atoms with Gasteiger partial charge in [-0.2, -0.15) is 0 Å². The van der Waals surface area contributed by atoms with Crippen molar-refractivity contribution in [3.8, 4) is 0 Å². The Balaban J connectivity index is 2.43. The van der Waals surface area contributed by atoms with Crippen LogP contribution in [0.4, 0.5) is 0 Å². The van der Waals surface area contributed by atoms with Crippen molar-refractivity contribution in [3.05, 3.63) is 24.3 Å². The minimum absolute atomic E-state index is 0.470. The number of carbonyl (C=O) groups excluding carboxylic acids is 4. The predicted octanol–water partition coefficient (Wildman–Crippen LogP) is -0.204. The Morgan fingerprint density at radius 1 is 0.633 bits per heavy atom. The first-order chi connectivity index (χ1) is 14.2. The van der Waals surface area contributed by atoms with Crippen LogP contribution < -0.4 is 10.4 Å². The lowest BCUT2D eigenvalue weighted by Crippen LogP contribution is -2.26. The van der Waals surface area contributed by atoms with Crippen molar-refractivity contribution in [1.29, 1.82) is 0 Å². The van der Waals surface area contributed by atoms with Crippen LogP contribution in [0.15, 0.2) is 24.3 Å². The van der Waals surface area contributed by atoms with E-state index < -0.39 is 55.5 Å². The van der Waals surface area contributed by atoms with Crippen molar-refractivity contribution in [2.45, 2.75) is 65.2 Å². The first-order valence-corrected chi connectivity index (χ1v) is 13.3. The molecule has 0 fully saturated rings. The smallest absolute Gasteiger partial charge is 0.305 e. The van der Waals surface area contributed by atoms with Crippen molar-refractivity contribution < 1.29 is 38.1 Å². The van der Waals surface area contributed by atoms with Gasteiger partial charge in [0.1, 0.15) is 0 Å². The molecule has 0 saturated carbocycles. The highest BCUT2D eigenvalue weighted by atomic mass is 28.2. The van der Waals surface area contributed by atoms with E-state index in [2.05, 4.69) is 24.3 Å². The number of esters is 4. The van der Waals surface area contributed by atoms with Gasteiger partial charge in [-0.3, -0.25) is 19.2 Å². The van der Waals surface area contributed by atoms with Gasteiger partial charge in [0.05, 0.1) is 19.0 Å². The Morgan fingerprint density at radius 3 is 1.13 bits per heavy atom. The fraction of sp³-hybridized carbons (Fsp3) is 0.500. The maximum absolute atomic E-state index is 11.1. The average molecular weight is 455 g/mol. The maximum atomic E-state index is 11.1. The molecule has 0 unspecified atom stereocenters. The van der Waals surface area contributed by atoms with Crippen LogP contribution in [0.2, 0.25) is 12.1 Å². The van der Waals surface area contributed by atoms with E-state index in [0.29, 0.717) is 12.8 Å². The van der Waals surface area contributed by atoms with Crippen molar-refractivity contribution in [3.63, 3.8) is 0 Å². The number of carbonyl (C=O) groups is 4. The van der Waals surface area contributed by atoms with Crippen LogP contribution in [0, 0.1) is 0 Å². The molecule has 0 bridgehead atoms. The van der Waals surface area contributed by atoms with Gasteiger partial charge >= 0.3 is 23.9 Å². The van der Waals surface area contributed by atoms with Gasteiger partial charge in [-0.05, 0) is 0 Å². The van der Waals surface area contributed by atoms with Gasteiger partial charge in [-0.15, -0.1) is 0 Å². The topological polar surface area (TPSA) is 105 Å². The lowest BCUT2D eigenvalue weighted by molar-refractivity contribution is -0.187. The molecule has 0 aliphatic carbocycles. The quantitative estimate of drug-likeness (QED) is 0.243. The van der Waals surface area contributed by atoms with Crippen molar-refractivity contribution >= 4 is 53.3 Å². The minimum Gasteiger partial charge on any atom is -0.425 e. The Hall–Kier alpha value is -2.47. The van der Waals surface area contributed by atoms with E-state index in [1.165, 1.54) is 38.1 Å². The molecule has 0 N–H and O–H groups in total. The summed E-state index contributed by atoms with van der Waals surface area (Å²) in [5, 5.41) is 2.55. The predicted molar refractivity (Wildman–Crippen MR) is 116 cm³/mol. The summed E-state index contributed by atoms with van der Waals surface area (Å²) in [6.45, 7) is 5.16.